The summed E-state index contributed by atoms with van der Waals surface area (Å²) in [5, 5.41) is 0. The second kappa shape index (κ2) is 7.69. The summed E-state index contributed by atoms with van der Waals surface area (Å²) >= 11 is 0. The quantitative estimate of drug-likeness (QED) is 0.540. The van der Waals surface area contributed by atoms with Gasteiger partial charge in [0.15, 0.2) is 0 Å². The van der Waals surface area contributed by atoms with Crippen LogP contribution in [-0.2, 0) is 9.53 Å². The average Bonchev–Trinajstić information content (AvgIpc) is 2.29. The van der Waals surface area contributed by atoms with E-state index in [4.69, 9.17) is 4.74 Å². The maximum Gasteiger partial charge on any atom is 0.302 e. The van der Waals surface area contributed by atoms with Gasteiger partial charge in [0.2, 0.25) is 0 Å². The predicted molar refractivity (Wildman–Crippen MR) is 66.0 cm³/mol. The number of benzene rings is 1. The van der Waals surface area contributed by atoms with Crippen molar-refractivity contribution in [3.63, 3.8) is 0 Å². The smallest absolute Gasteiger partial charge is 0.302 e. The Morgan fingerprint density at radius 1 is 1.25 bits per heavy atom. The monoisotopic (exact) mass is 218 g/mol. The third kappa shape index (κ3) is 6.02. The first kappa shape index (κ1) is 12.5. The van der Waals surface area contributed by atoms with Gasteiger partial charge >= 0.3 is 5.97 Å². The zero-order valence-electron chi connectivity index (χ0n) is 9.69. The highest BCUT2D eigenvalue weighted by molar-refractivity contribution is 5.65. The Bertz CT molecular complexity index is 328. The maximum atomic E-state index is 10.5. The Kier molecular flexibility index (Phi) is 6.00. The molecule has 0 aliphatic carbocycles. The fraction of sp³-hybridized carbons (Fsp3) is 0.357. The van der Waals surface area contributed by atoms with E-state index in [9.17, 15) is 4.79 Å². The van der Waals surface area contributed by atoms with Crippen LogP contribution in [-0.4, -0.2) is 12.6 Å². The summed E-state index contributed by atoms with van der Waals surface area (Å²) in [6, 6.07) is 10.2. The van der Waals surface area contributed by atoms with Crippen molar-refractivity contribution in [3.8, 4) is 0 Å². The number of hydrogen-bond acceptors (Lipinski definition) is 2. The Hall–Kier alpha value is -1.57. The average molecular weight is 218 g/mol. The van der Waals surface area contributed by atoms with Crippen LogP contribution in [0.2, 0.25) is 0 Å². The minimum atomic E-state index is -0.195. The molecule has 16 heavy (non-hydrogen) atoms. The van der Waals surface area contributed by atoms with Crippen molar-refractivity contribution in [1.82, 2.24) is 0 Å². The summed E-state index contributed by atoms with van der Waals surface area (Å²) in [4.78, 5) is 10.5. The molecule has 0 aliphatic rings. The third-order valence-corrected chi connectivity index (χ3v) is 2.18. The predicted octanol–water partition coefficient (Wildman–Crippen LogP) is 3.43. The van der Waals surface area contributed by atoms with E-state index in [0.717, 1.165) is 19.3 Å². The van der Waals surface area contributed by atoms with Crippen LogP contribution in [0.15, 0.2) is 36.4 Å². The van der Waals surface area contributed by atoms with Crippen molar-refractivity contribution in [1.29, 1.82) is 0 Å². The van der Waals surface area contributed by atoms with Gasteiger partial charge in [-0.25, -0.2) is 0 Å². The zero-order chi connectivity index (χ0) is 11.6. The van der Waals surface area contributed by atoms with Crippen LogP contribution < -0.4 is 0 Å². The molecule has 1 aromatic carbocycles. The van der Waals surface area contributed by atoms with E-state index in [1.165, 1.54) is 12.5 Å². The molecule has 1 rings (SSSR count). The number of allylic oxidation sites excluding steroid dienone is 1. The van der Waals surface area contributed by atoms with Gasteiger partial charge in [0.25, 0.3) is 0 Å². The van der Waals surface area contributed by atoms with Gasteiger partial charge in [0, 0.05) is 6.92 Å². The van der Waals surface area contributed by atoms with Gasteiger partial charge in [-0.2, -0.15) is 0 Å². The summed E-state index contributed by atoms with van der Waals surface area (Å²) in [5.74, 6) is -0.195. The van der Waals surface area contributed by atoms with Gasteiger partial charge in [-0.05, 0) is 24.8 Å². The van der Waals surface area contributed by atoms with E-state index in [2.05, 4.69) is 24.3 Å². The molecule has 0 bridgehead atoms. The van der Waals surface area contributed by atoms with E-state index in [1.54, 1.807) is 0 Å². The number of carbonyl (C=O) groups is 1. The number of carbonyl (C=O) groups excluding carboxylic acids is 1. The number of unbranched alkanes of at least 4 members (excludes halogenated alkanes) is 2. The minimum Gasteiger partial charge on any atom is -0.466 e. The molecule has 0 saturated heterocycles. The van der Waals surface area contributed by atoms with Crippen molar-refractivity contribution in [2.24, 2.45) is 0 Å². The van der Waals surface area contributed by atoms with Crippen molar-refractivity contribution in [2.75, 3.05) is 6.61 Å². The molecule has 0 saturated carbocycles. The van der Waals surface area contributed by atoms with Gasteiger partial charge in [0.05, 0.1) is 6.61 Å². The van der Waals surface area contributed by atoms with Crippen LogP contribution in [0, 0.1) is 0 Å². The molecule has 0 unspecified atom stereocenters. The van der Waals surface area contributed by atoms with E-state index < -0.39 is 0 Å². The highest BCUT2D eigenvalue weighted by atomic mass is 16.5. The highest BCUT2D eigenvalue weighted by Gasteiger charge is 1.91. The molecule has 0 fully saturated rings. The molecule has 86 valence electrons. The highest BCUT2D eigenvalue weighted by Crippen LogP contribution is 2.04. The van der Waals surface area contributed by atoms with Crippen LogP contribution in [0.25, 0.3) is 6.08 Å². The number of esters is 1. The minimum absolute atomic E-state index is 0.195. The molecule has 2 nitrogen and oxygen atoms in total. The van der Waals surface area contributed by atoms with Crippen molar-refractivity contribution < 1.29 is 9.53 Å². The summed E-state index contributed by atoms with van der Waals surface area (Å²) in [5.41, 5.74) is 1.22. The van der Waals surface area contributed by atoms with Gasteiger partial charge < -0.3 is 4.74 Å². The van der Waals surface area contributed by atoms with Crippen molar-refractivity contribution in [2.45, 2.75) is 26.2 Å². The maximum absolute atomic E-state index is 10.5. The zero-order valence-corrected chi connectivity index (χ0v) is 9.69. The summed E-state index contributed by atoms with van der Waals surface area (Å²) in [6.45, 7) is 1.98. The van der Waals surface area contributed by atoms with E-state index in [1.807, 2.05) is 18.2 Å². The molecule has 0 spiro atoms. The number of ether oxygens (including phenoxy) is 1. The van der Waals surface area contributed by atoms with Crippen LogP contribution in [0.3, 0.4) is 0 Å². The molecule has 0 N–H and O–H groups in total. The van der Waals surface area contributed by atoms with Crippen LogP contribution in [0.1, 0.15) is 31.7 Å². The largest absolute Gasteiger partial charge is 0.466 e. The first-order chi connectivity index (χ1) is 7.79. The molecule has 1 aromatic rings. The van der Waals surface area contributed by atoms with Crippen molar-refractivity contribution in [3.05, 3.63) is 42.0 Å². The van der Waals surface area contributed by atoms with Crippen LogP contribution in [0.4, 0.5) is 0 Å². The second-order valence-electron chi connectivity index (χ2n) is 3.65. The van der Waals surface area contributed by atoms with E-state index in [-0.39, 0.29) is 5.97 Å². The summed E-state index contributed by atoms with van der Waals surface area (Å²) in [6.07, 6.45) is 7.28. The first-order valence-electron chi connectivity index (χ1n) is 5.64. The molecule has 0 aromatic heterocycles. The lowest BCUT2D eigenvalue weighted by atomic mass is 10.2. The van der Waals surface area contributed by atoms with Gasteiger partial charge in [-0.15, -0.1) is 0 Å². The summed E-state index contributed by atoms with van der Waals surface area (Å²) < 4.78 is 4.84. The van der Waals surface area contributed by atoms with Gasteiger partial charge in [-0.1, -0.05) is 42.5 Å². The van der Waals surface area contributed by atoms with Crippen LogP contribution in [0.5, 0.6) is 0 Å². The Balaban J connectivity index is 2.07. The Labute approximate surface area is 96.9 Å². The lowest BCUT2D eigenvalue weighted by Gasteiger charge is -1.99. The normalized spacial score (nSPS) is 10.6. The molecule has 0 aliphatic heterocycles. The first-order valence-corrected chi connectivity index (χ1v) is 5.64. The molecular formula is C14H18O2. The Morgan fingerprint density at radius 2 is 2.00 bits per heavy atom. The standard InChI is InChI=1S/C14H18O2/c1-13(15)16-12-8-3-2-5-9-14-10-6-4-7-11-14/h4-7,9-11H,2-3,8,12H2,1H3. The molecular weight excluding hydrogens is 200 g/mol. The van der Waals surface area contributed by atoms with Gasteiger partial charge in [0.1, 0.15) is 0 Å². The second-order valence-corrected chi connectivity index (χ2v) is 3.65. The molecule has 0 heterocycles. The molecule has 2 heteroatoms. The molecule has 0 radical (unpaired) electrons. The van der Waals surface area contributed by atoms with Gasteiger partial charge in [-0.3, -0.25) is 4.79 Å². The Morgan fingerprint density at radius 3 is 2.69 bits per heavy atom. The topological polar surface area (TPSA) is 26.3 Å². The van der Waals surface area contributed by atoms with Crippen LogP contribution >= 0.6 is 0 Å². The number of rotatable bonds is 6. The third-order valence-electron chi connectivity index (χ3n) is 2.18. The van der Waals surface area contributed by atoms with E-state index in [0.29, 0.717) is 6.61 Å². The summed E-state index contributed by atoms with van der Waals surface area (Å²) in [7, 11) is 0. The lowest BCUT2D eigenvalue weighted by Crippen LogP contribution is -1.99. The lowest BCUT2D eigenvalue weighted by molar-refractivity contribution is -0.141. The SMILES string of the molecule is CC(=O)OCCCCC=Cc1ccccc1. The molecule has 0 amide bonds. The number of hydrogen-bond donors (Lipinski definition) is 0. The fourth-order valence-electron chi connectivity index (χ4n) is 1.36. The van der Waals surface area contributed by atoms with Crippen molar-refractivity contribution >= 4 is 12.0 Å². The van der Waals surface area contributed by atoms with E-state index >= 15 is 0 Å². The fourth-order valence-corrected chi connectivity index (χ4v) is 1.36. The molecule has 0 atom stereocenters.